The third-order valence-electron chi connectivity index (χ3n) is 5.18. The number of aromatic nitrogens is 4. The van der Waals surface area contributed by atoms with Crippen LogP contribution in [0.1, 0.15) is 31.6 Å². The van der Waals surface area contributed by atoms with E-state index in [2.05, 4.69) is 30.3 Å². The van der Waals surface area contributed by atoms with Crippen molar-refractivity contribution in [3.8, 4) is 11.6 Å². The number of carbonyl (C=O) groups excluding carboxylic acids is 1. The summed E-state index contributed by atoms with van der Waals surface area (Å²) in [4.78, 5) is 27.5. The number of amides is 1. The molecule has 2 aromatic rings. The first-order chi connectivity index (χ1) is 13.3. The van der Waals surface area contributed by atoms with Gasteiger partial charge in [-0.15, -0.1) is 0 Å². The molecule has 0 unspecified atom stereocenters. The number of ether oxygens (including phenoxy) is 1. The highest BCUT2D eigenvalue weighted by Crippen LogP contribution is 2.23. The van der Waals surface area contributed by atoms with E-state index in [0.29, 0.717) is 23.6 Å². The zero-order valence-corrected chi connectivity index (χ0v) is 15.2. The molecule has 2 aliphatic heterocycles. The first-order valence-corrected chi connectivity index (χ1v) is 9.49. The molecule has 1 atom stereocenters. The lowest BCUT2D eigenvalue weighted by Crippen LogP contribution is -2.48. The van der Waals surface area contributed by atoms with Crippen LogP contribution < -0.4 is 5.32 Å². The first kappa shape index (κ1) is 18.0. The SMILES string of the molecule is O=C(NCc1nc(-c2ncccn2)no1)[C@H]1CCCN(C2CCOCC2)C1. The van der Waals surface area contributed by atoms with Crippen LogP contribution in [0.2, 0.25) is 0 Å². The van der Waals surface area contributed by atoms with Gasteiger partial charge in [0.2, 0.25) is 23.4 Å². The summed E-state index contributed by atoms with van der Waals surface area (Å²) in [7, 11) is 0. The second-order valence-corrected chi connectivity index (χ2v) is 6.98. The summed E-state index contributed by atoms with van der Waals surface area (Å²) in [5, 5.41) is 6.80. The molecule has 9 heteroatoms. The maximum Gasteiger partial charge on any atom is 0.246 e. The number of nitrogens with zero attached hydrogens (tertiary/aromatic N) is 5. The van der Waals surface area contributed by atoms with Crippen molar-refractivity contribution in [3.63, 3.8) is 0 Å². The fourth-order valence-electron chi connectivity index (χ4n) is 3.74. The Hall–Kier alpha value is -2.39. The molecule has 2 aromatic heterocycles. The first-order valence-electron chi connectivity index (χ1n) is 9.49. The van der Waals surface area contributed by atoms with Crippen molar-refractivity contribution >= 4 is 5.91 Å². The Bertz CT molecular complexity index is 747. The van der Waals surface area contributed by atoms with Gasteiger partial charge in [-0.1, -0.05) is 5.16 Å². The van der Waals surface area contributed by atoms with Crippen molar-refractivity contribution in [1.82, 2.24) is 30.3 Å². The molecule has 4 heterocycles. The molecule has 0 aromatic carbocycles. The molecule has 0 bridgehead atoms. The highest BCUT2D eigenvalue weighted by Gasteiger charge is 2.30. The van der Waals surface area contributed by atoms with Gasteiger partial charge in [-0.3, -0.25) is 9.69 Å². The summed E-state index contributed by atoms with van der Waals surface area (Å²) < 4.78 is 10.6. The lowest BCUT2D eigenvalue weighted by molar-refractivity contribution is -0.127. The summed E-state index contributed by atoms with van der Waals surface area (Å²) >= 11 is 0. The lowest BCUT2D eigenvalue weighted by atomic mass is 9.94. The maximum atomic E-state index is 12.6. The number of rotatable bonds is 5. The molecule has 144 valence electrons. The van der Waals surface area contributed by atoms with Gasteiger partial charge < -0.3 is 14.6 Å². The smallest absolute Gasteiger partial charge is 0.246 e. The van der Waals surface area contributed by atoms with Gasteiger partial charge in [-0.25, -0.2) is 9.97 Å². The topological polar surface area (TPSA) is 106 Å². The van der Waals surface area contributed by atoms with Crippen LogP contribution in [-0.4, -0.2) is 63.3 Å². The molecule has 1 amide bonds. The molecule has 4 rings (SSSR count). The zero-order valence-electron chi connectivity index (χ0n) is 15.2. The highest BCUT2D eigenvalue weighted by atomic mass is 16.5. The quantitative estimate of drug-likeness (QED) is 0.830. The minimum Gasteiger partial charge on any atom is -0.381 e. The second kappa shape index (κ2) is 8.53. The van der Waals surface area contributed by atoms with Crippen LogP contribution in [0.3, 0.4) is 0 Å². The Morgan fingerprint density at radius 1 is 1.19 bits per heavy atom. The molecular formula is C18H24N6O3. The van der Waals surface area contributed by atoms with Gasteiger partial charge >= 0.3 is 0 Å². The number of nitrogens with one attached hydrogen (secondary N) is 1. The normalized spacial score (nSPS) is 21.9. The van der Waals surface area contributed by atoms with Crippen LogP contribution in [-0.2, 0) is 16.1 Å². The number of hydrogen-bond donors (Lipinski definition) is 1. The summed E-state index contributed by atoms with van der Waals surface area (Å²) in [5.74, 6) is 1.12. The number of hydrogen-bond acceptors (Lipinski definition) is 8. The van der Waals surface area contributed by atoms with Gasteiger partial charge in [0.25, 0.3) is 0 Å². The van der Waals surface area contributed by atoms with Crippen LogP contribution in [0.4, 0.5) is 0 Å². The summed E-state index contributed by atoms with van der Waals surface area (Å²) in [5.41, 5.74) is 0. The highest BCUT2D eigenvalue weighted by molar-refractivity contribution is 5.78. The average Bonchev–Trinajstić information content (AvgIpc) is 3.22. The van der Waals surface area contributed by atoms with E-state index in [0.717, 1.165) is 52.0 Å². The second-order valence-electron chi connectivity index (χ2n) is 6.98. The average molecular weight is 372 g/mol. The molecule has 9 nitrogen and oxygen atoms in total. The third-order valence-corrected chi connectivity index (χ3v) is 5.18. The van der Waals surface area contributed by atoms with E-state index in [-0.39, 0.29) is 18.4 Å². The summed E-state index contributed by atoms with van der Waals surface area (Å²) in [6, 6.07) is 2.26. The third kappa shape index (κ3) is 4.48. The lowest BCUT2D eigenvalue weighted by Gasteiger charge is -2.39. The maximum absolute atomic E-state index is 12.6. The van der Waals surface area contributed by atoms with Crippen molar-refractivity contribution < 1.29 is 14.1 Å². The van der Waals surface area contributed by atoms with E-state index in [1.165, 1.54) is 0 Å². The van der Waals surface area contributed by atoms with Gasteiger partial charge in [0.15, 0.2) is 0 Å². The van der Waals surface area contributed by atoms with Crippen LogP contribution >= 0.6 is 0 Å². The minimum absolute atomic E-state index is 0.00134. The van der Waals surface area contributed by atoms with E-state index in [1.807, 2.05) is 0 Å². The predicted octanol–water partition coefficient (Wildman–Crippen LogP) is 1.03. The van der Waals surface area contributed by atoms with E-state index in [9.17, 15) is 4.79 Å². The largest absolute Gasteiger partial charge is 0.381 e. The fourth-order valence-corrected chi connectivity index (χ4v) is 3.74. The Balaban J connectivity index is 1.29. The number of likely N-dealkylation sites (tertiary alicyclic amines) is 1. The Labute approximate surface area is 157 Å². The number of carbonyl (C=O) groups is 1. The molecule has 0 aliphatic carbocycles. The van der Waals surface area contributed by atoms with Gasteiger partial charge in [-0.2, -0.15) is 4.98 Å². The summed E-state index contributed by atoms with van der Waals surface area (Å²) in [6.45, 7) is 3.74. The van der Waals surface area contributed by atoms with Crippen molar-refractivity contribution in [3.05, 3.63) is 24.4 Å². The molecular weight excluding hydrogens is 348 g/mol. The minimum atomic E-state index is 0.00134. The van der Waals surface area contributed by atoms with Crippen LogP contribution in [0.15, 0.2) is 23.0 Å². The van der Waals surface area contributed by atoms with Crippen LogP contribution in [0.25, 0.3) is 11.6 Å². The standard InChI is InChI=1S/C18H24N6O3/c25-18(13-3-1-8-24(12-13)14-4-9-26-10-5-14)21-11-15-22-17(23-27-15)16-19-6-2-7-20-16/h2,6-7,13-14H,1,3-5,8-12H2,(H,21,25)/t13-/m0/s1. The molecule has 0 spiro atoms. The van der Waals surface area contributed by atoms with E-state index in [4.69, 9.17) is 9.26 Å². The van der Waals surface area contributed by atoms with E-state index < -0.39 is 0 Å². The van der Waals surface area contributed by atoms with Crippen molar-refractivity contribution in [2.75, 3.05) is 26.3 Å². The molecule has 27 heavy (non-hydrogen) atoms. The van der Waals surface area contributed by atoms with Crippen LogP contribution in [0.5, 0.6) is 0 Å². The molecule has 0 saturated carbocycles. The molecule has 1 N–H and O–H groups in total. The summed E-state index contributed by atoms with van der Waals surface area (Å²) in [6.07, 6.45) is 7.31. The Morgan fingerprint density at radius 2 is 2.00 bits per heavy atom. The Kier molecular flexibility index (Phi) is 5.69. The monoisotopic (exact) mass is 372 g/mol. The Morgan fingerprint density at radius 3 is 2.81 bits per heavy atom. The van der Waals surface area contributed by atoms with E-state index in [1.54, 1.807) is 18.5 Å². The van der Waals surface area contributed by atoms with Gasteiger partial charge in [0.1, 0.15) is 0 Å². The van der Waals surface area contributed by atoms with Crippen molar-refractivity contribution in [2.45, 2.75) is 38.3 Å². The van der Waals surface area contributed by atoms with Gasteiger partial charge in [0.05, 0.1) is 12.5 Å². The molecule has 2 saturated heterocycles. The zero-order chi connectivity index (χ0) is 18.5. The van der Waals surface area contributed by atoms with Gasteiger partial charge in [0, 0.05) is 38.2 Å². The van der Waals surface area contributed by atoms with E-state index >= 15 is 0 Å². The van der Waals surface area contributed by atoms with Gasteiger partial charge in [-0.05, 0) is 38.3 Å². The molecule has 0 radical (unpaired) electrons. The van der Waals surface area contributed by atoms with Crippen molar-refractivity contribution in [2.24, 2.45) is 5.92 Å². The van der Waals surface area contributed by atoms with Crippen LogP contribution in [0, 0.1) is 5.92 Å². The van der Waals surface area contributed by atoms with Crippen molar-refractivity contribution in [1.29, 1.82) is 0 Å². The molecule has 2 aliphatic rings. The predicted molar refractivity (Wildman–Crippen MR) is 95.3 cm³/mol. The fraction of sp³-hybridized carbons (Fsp3) is 0.611. The number of piperidine rings is 1. The molecule has 2 fully saturated rings.